The van der Waals surface area contributed by atoms with E-state index in [1.807, 2.05) is 0 Å². The first kappa shape index (κ1) is 6.93. The predicted molar refractivity (Wildman–Crippen MR) is 43.5 cm³/mol. The Kier molecular flexibility index (Phi) is 1.18. The largest absolute Gasteiger partial charge is 0.461 e. The second kappa shape index (κ2) is 2.04. The van der Waals surface area contributed by atoms with Crippen molar-refractivity contribution < 1.29 is 9.53 Å². The van der Waals surface area contributed by atoms with Crippen molar-refractivity contribution in [2.75, 3.05) is 0 Å². The van der Waals surface area contributed by atoms with Gasteiger partial charge in [0.1, 0.15) is 6.10 Å². The number of hydrogen-bond donors (Lipinski definition) is 0. The van der Waals surface area contributed by atoms with E-state index in [1.165, 1.54) is 32.1 Å². The van der Waals surface area contributed by atoms with E-state index in [1.54, 1.807) is 0 Å². The lowest BCUT2D eigenvalue weighted by Gasteiger charge is -2.24. The number of fused-ring (bicyclic) bond motifs is 3. The van der Waals surface area contributed by atoms with Crippen LogP contribution < -0.4 is 0 Å². The lowest BCUT2D eigenvalue weighted by Crippen LogP contribution is -2.18. The molecule has 2 saturated carbocycles. The third-order valence-electron chi connectivity index (χ3n) is 3.99. The van der Waals surface area contributed by atoms with Gasteiger partial charge in [0.05, 0.1) is 6.42 Å². The zero-order chi connectivity index (χ0) is 8.18. The minimum absolute atomic E-state index is 0.0428. The zero-order valence-corrected chi connectivity index (χ0v) is 7.21. The first-order valence-corrected chi connectivity index (χ1v) is 5.02. The van der Waals surface area contributed by atoms with Crippen LogP contribution in [0.25, 0.3) is 0 Å². The van der Waals surface area contributed by atoms with Crippen LogP contribution in [0, 0.1) is 11.3 Å². The van der Waals surface area contributed by atoms with Crippen LogP contribution in [0.1, 0.15) is 38.5 Å². The van der Waals surface area contributed by atoms with E-state index in [0.717, 1.165) is 0 Å². The number of carbonyl (C=O) groups excluding carboxylic acids is 1. The molecule has 1 spiro atoms. The fourth-order valence-corrected chi connectivity index (χ4v) is 3.28. The molecule has 2 nitrogen and oxygen atoms in total. The van der Waals surface area contributed by atoms with Gasteiger partial charge in [-0.3, -0.25) is 4.79 Å². The van der Waals surface area contributed by atoms with Gasteiger partial charge in [-0.2, -0.15) is 0 Å². The van der Waals surface area contributed by atoms with Crippen molar-refractivity contribution in [3.05, 3.63) is 0 Å². The van der Waals surface area contributed by atoms with Crippen LogP contribution in [0.3, 0.4) is 0 Å². The minimum Gasteiger partial charge on any atom is -0.461 e. The Morgan fingerprint density at radius 3 is 2.58 bits per heavy atom. The van der Waals surface area contributed by atoms with Crippen LogP contribution in [0.15, 0.2) is 0 Å². The van der Waals surface area contributed by atoms with E-state index in [2.05, 4.69) is 0 Å². The maximum atomic E-state index is 10.9. The maximum Gasteiger partial charge on any atom is 0.306 e. The van der Waals surface area contributed by atoms with Gasteiger partial charge in [0, 0.05) is 11.3 Å². The SMILES string of the molecule is O=C1C[C@H]2[C@H](O1)C21CCCCC1. The first-order chi connectivity index (χ1) is 5.83. The maximum absolute atomic E-state index is 10.9. The van der Waals surface area contributed by atoms with Gasteiger partial charge in [0.15, 0.2) is 0 Å². The molecule has 2 heteroatoms. The molecule has 2 atom stereocenters. The highest BCUT2D eigenvalue weighted by atomic mass is 16.6. The molecule has 2 aliphatic carbocycles. The van der Waals surface area contributed by atoms with E-state index in [0.29, 0.717) is 23.9 Å². The summed E-state index contributed by atoms with van der Waals surface area (Å²) in [7, 11) is 0. The van der Waals surface area contributed by atoms with Crippen molar-refractivity contribution >= 4 is 5.97 Å². The van der Waals surface area contributed by atoms with E-state index < -0.39 is 0 Å². The highest BCUT2D eigenvalue weighted by Crippen LogP contribution is 2.67. The average Bonchev–Trinajstić information content (AvgIpc) is 2.47. The molecule has 3 aliphatic rings. The van der Waals surface area contributed by atoms with Crippen molar-refractivity contribution in [1.29, 1.82) is 0 Å². The third-order valence-corrected chi connectivity index (χ3v) is 3.99. The van der Waals surface area contributed by atoms with E-state index in [9.17, 15) is 4.79 Å². The summed E-state index contributed by atoms with van der Waals surface area (Å²) in [5, 5.41) is 0. The van der Waals surface area contributed by atoms with E-state index in [4.69, 9.17) is 4.74 Å². The highest BCUT2D eigenvalue weighted by molar-refractivity contribution is 5.74. The van der Waals surface area contributed by atoms with Crippen LogP contribution in [0.5, 0.6) is 0 Å². The summed E-state index contributed by atoms with van der Waals surface area (Å²) < 4.78 is 5.29. The summed E-state index contributed by atoms with van der Waals surface area (Å²) >= 11 is 0. The first-order valence-electron chi connectivity index (χ1n) is 5.02. The summed E-state index contributed by atoms with van der Waals surface area (Å²) in [6.45, 7) is 0. The molecule has 0 unspecified atom stereocenters. The molecule has 1 saturated heterocycles. The third kappa shape index (κ3) is 0.686. The lowest BCUT2D eigenvalue weighted by atomic mass is 9.83. The molecular formula is C10H14O2. The van der Waals surface area contributed by atoms with Crippen LogP contribution in [-0.2, 0) is 9.53 Å². The van der Waals surface area contributed by atoms with Crippen molar-refractivity contribution in [3.63, 3.8) is 0 Å². The summed E-state index contributed by atoms with van der Waals surface area (Å²) in [6.07, 6.45) is 7.77. The molecule has 0 N–H and O–H groups in total. The Morgan fingerprint density at radius 1 is 1.25 bits per heavy atom. The molecule has 12 heavy (non-hydrogen) atoms. The Morgan fingerprint density at radius 2 is 2.00 bits per heavy atom. The molecule has 0 bridgehead atoms. The van der Waals surface area contributed by atoms with Gasteiger partial charge in [-0.05, 0) is 12.8 Å². The molecule has 66 valence electrons. The Hall–Kier alpha value is -0.530. The van der Waals surface area contributed by atoms with Crippen molar-refractivity contribution in [2.45, 2.75) is 44.6 Å². The van der Waals surface area contributed by atoms with Crippen LogP contribution >= 0.6 is 0 Å². The van der Waals surface area contributed by atoms with Crippen LogP contribution in [0.4, 0.5) is 0 Å². The van der Waals surface area contributed by atoms with Gasteiger partial charge < -0.3 is 4.74 Å². The standard InChI is InChI=1S/C10H14O2/c11-8-6-7-9(12-8)10(7)4-2-1-3-5-10/h7,9H,1-6H2/t7-,9-/m0/s1. The van der Waals surface area contributed by atoms with Gasteiger partial charge in [0.25, 0.3) is 0 Å². The van der Waals surface area contributed by atoms with Crippen LogP contribution in [0.2, 0.25) is 0 Å². The predicted octanol–water partition coefficient (Wildman–Crippen LogP) is 1.88. The number of carbonyl (C=O) groups is 1. The number of hydrogen-bond acceptors (Lipinski definition) is 2. The molecule has 0 amide bonds. The number of ether oxygens (including phenoxy) is 1. The van der Waals surface area contributed by atoms with Crippen LogP contribution in [-0.4, -0.2) is 12.1 Å². The minimum atomic E-state index is 0.0428. The lowest BCUT2D eigenvalue weighted by molar-refractivity contribution is -0.143. The van der Waals surface area contributed by atoms with Gasteiger partial charge >= 0.3 is 5.97 Å². The summed E-state index contributed by atoms with van der Waals surface area (Å²) in [4.78, 5) is 10.9. The molecule has 1 heterocycles. The van der Waals surface area contributed by atoms with E-state index >= 15 is 0 Å². The highest BCUT2D eigenvalue weighted by Gasteiger charge is 2.70. The molecule has 1 aliphatic heterocycles. The van der Waals surface area contributed by atoms with Crippen molar-refractivity contribution in [2.24, 2.45) is 11.3 Å². The summed E-state index contributed by atoms with van der Waals surface area (Å²) in [6, 6.07) is 0. The Bertz CT molecular complexity index is 212. The molecule has 3 fully saturated rings. The Labute approximate surface area is 72.3 Å². The number of rotatable bonds is 0. The van der Waals surface area contributed by atoms with Gasteiger partial charge in [-0.25, -0.2) is 0 Å². The molecule has 0 aromatic carbocycles. The molecule has 0 radical (unpaired) electrons. The van der Waals surface area contributed by atoms with Crippen molar-refractivity contribution in [1.82, 2.24) is 0 Å². The van der Waals surface area contributed by atoms with Crippen molar-refractivity contribution in [3.8, 4) is 0 Å². The molecule has 3 rings (SSSR count). The van der Waals surface area contributed by atoms with Gasteiger partial charge in [0.2, 0.25) is 0 Å². The quantitative estimate of drug-likeness (QED) is 0.513. The van der Waals surface area contributed by atoms with E-state index in [-0.39, 0.29) is 5.97 Å². The molecular weight excluding hydrogens is 152 g/mol. The zero-order valence-electron chi connectivity index (χ0n) is 7.21. The second-order valence-electron chi connectivity index (χ2n) is 4.51. The Balaban J connectivity index is 1.77. The number of esters is 1. The van der Waals surface area contributed by atoms with Gasteiger partial charge in [-0.15, -0.1) is 0 Å². The topological polar surface area (TPSA) is 26.3 Å². The fraction of sp³-hybridized carbons (Fsp3) is 0.900. The molecule has 0 aromatic heterocycles. The summed E-state index contributed by atoms with van der Waals surface area (Å²) in [5.41, 5.74) is 0.478. The molecule has 0 aromatic rings. The normalized spacial score (nSPS) is 42.5. The fourth-order valence-electron chi connectivity index (χ4n) is 3.28. The summed E-state index contributed by atoms with van der Waals surface area (Å²) in [5.74, 6) is 0.659. The monoisotopic (exact) mass is 166 g/mol. The second-order valence-corrected chi connectivity index (χ2v) is 4.51. The van der Waals surface area contributed by atoms with Gasteiger partial charge in [-0.1, -0.05) is 19.3 Å². The smallest absolute Gasteiger partial charge is 0.306 e. The average molecular weight is 166 g/mol.